The van der Waals surface area contributed by atoms with Crippen molar-refractivity contribution in [2.24, 2.45) is 0 Å². The number of likely N-dealkylation sites (tertiary alicyclic amines) is 1. The molecule has 1 atom stereocenters. The maximum Gasteiger partial charge on any atom is 0.233 e. The highest BCUT2D eigenvalue weighted by molar-refractivity contribution is 7.99. The predicted molar refractivity (Wildman–Crippen MR) is 107 cm³/mol. The van der Waals surface area contributed by atoms with Crippen LogP contribution in [0.15, 0.2) is 52.5 Å². The zero-order chi connectivity index (χ0) is 19.3. The van der Waals surface area contributed by atoms with Crippen LogP contribution in [-0.2, 0) is 11.3 Å². The first kappa shape index (κ1) is 18.7. The first-order valence-electron chi connectivity index (χ1n) is 9.50. The Labute approximate surface area is 168 Å². The van der Waals surface area contributed by atoms with Crippen LogP contribution in [0.1, 0.15) is 31.9 Å². The molecule has 8 heteroatoms. The van der Waals surface area contributed by atoms with Crippen LogP contribution < -0.4 is 0 Å². The summed E-state index contributed by atoms with van der Waals surface area (Å²) in [6, 6.07) is 7.90. The number of thioether (sulfide) groups is 1. The van der Waals surface area contributed by atoms with Crippen LogP contribution in [0.5, 0.6) is 0 Å². The summed E-state index contributed by atoms with van der Waals surface area (Å²) in [5.74, 6) is 2.07. The summed E-state index contributed by atoms with van der Waals surface area (Å²) in [5.41, 5.74) is 0.928. The quantitative estimate of drug-likeness (QED) is 0.593. The molecule has 1 unspecified atom stereocenters. The molecule has 7 nitrogen and oxygen atoms in total. The molecule has 3 aromatic heterocycles. The Balaban J connectivity index is 1.54. The zero-order valence-electron chi connectivity index (χ0n) is 15.8. The molecule has 0 radical (unpaired) electrons. The van der Waals surface area contributed by atoms with Crippen LogP contribution >= 0.6 is 11.8 Å². The minimum atomic E-state index is 0.162. The summed E-state index contributed by atoms with van der Waals surface area (Å²) in [4.78, 5) is 18.8. The van der Waals surface area contributed by atoms with Gasteiger partial charge in [-0.25, -0.2) is 0 Å². The van der Waals surface area contributed by atoms with Crippen LogP contribution in [0.3, 0.4) is 0 Å². The zero-order valence-corrected chi connectivity index (χ0v) is 16.6. The highest BCUT2D eigenvalue weighted by atomic mass is 32.2. The van der Waals surface area contributed by atoms with E-state index >= 15 is 0 Å². The van der Waals surface area contributed by atoms with Crippen molar-refractivity contribution in [3.05, 3.63) is 48.7 Å². The van der Waals surface area contributed by atoms with Crippen molar-refractivity contribution in [3.8, 4) is 11.4 Å². The van der Waals surface area contributed by atoms with Crippen LogP contribution in [0, 0.1) is 0 Å². The molecule has 146 valence electrons. The summed E-state index contributed by atoms with van der Waals surface area (Å²) in [6.07, 6.45) is 8.48. The van der Waals surface area contributed by atoms with E-state index in [2.05, 4.69) is 22.1 Å². The summed E-state index contributed by atoms with van der Waals surface area (Å²) in [5, 5.41) is 9.43. The SMILES string of the molecule is CC1CCCCN1C(=O)CSc1nnc(-c2ccncc2)n1Cc1ccco1. The number of hydrogen-bond acceptors (Lipinski definition) is 6. The van der Waals surface area contributed by atoms with Crippen molar-refractivity contribution in [1.29, 1.82) is 0 Å². The lowest BCUT2D eigenvalue weighted by molar-refractivity contribution is -0.131. The second-order valence-electron chi connectivity index (χ2n) is 6.93. The molecule has 0 spiro atoms. The second-order valence-corrected chi connectivity index (χ2v) is 7.87. The molecule has 1 aliphatic rings. The molecule has 1 fully saturated rings. The van der Waals surface area contributed by atoms with E-state index in [9.17, 15) is 4.79 Å². The topological polar surface area (TPSA) is 77.1 Å². The lowest BCUT2D eigenvalue weighted by Gasteiger charge is -2.33. The Bertz CT molecular complexity index is 910. The number of pyridine rings is 1. The summed E-state index contributed by atoms with van der Waals surface area (Å²) in [7, 11) is 0. The fourth-order valence-electron chi connectivity index (χ4n) is 3.49. The number of aromatic nitrogens is 4. The van der Waals surface area contributed by atoms with Gasteiger partial charge in [0.1, 0.15) is 5.76 Å². The van der Waals surface area contributed by atoms with Crippen LogP contribution in [0.2, 0.25) is 0 Å². The Morgan fingerprint density at radius 2 is 2.11 bits per heavy atom. The third kappa shape index (κ3) is 4.11. The van der Waals surface area contributed by atoms with E-state index in [1.54, 1.807) is 18.7 Å². The van der Waals surface area contributed by atoms with Gasteiger partial charge < -0.3 is 9.32 Å². The van der Waals surface area contributed by atoms with E-state index in [1.165, 1.54) is 18.2 Å². The minimum Gasteiger partial charge on any atom is -0.467 e. The molecular weight excluding hydrogens is 374 g/mol. The number of piperidine rings is 1. The molecule has 4 rings (SSSR count). The molecule has 1 amide bonds. The fourth-order valence-corrected chi connectivity index (χ4v) is 4.31. The molecule has 0 N–H and O–H groups in total. The second kappa shape index (κ2) is 8.60. The van der Waals surface area contributed by atoms with Gasteiger partial charge in [-0.3, -0.25) is 14.3 Å². The van der Waals surface area contributed by atoms with Crippen LogP contribution in [0.4, 0.5) is 0 Å². The molecular formula is C20H23N5O2S. The number of carbonyl (C=O) groups is 1. The van der Waals surface area contributed by atoms with E-state index in [1.807, 2.05) is 33.7 Å². The third-order valence-corrected chi connectivity index (χ3v) is 5.95. The Morgan fingerprint density at radius 3 is 2.86 bits per heavy atom. The maximum atomic E-state index is 12.7. The minimum absolute atomic E-state index is 0.162. The largest absolute Gasteiger partial charge is 0.467 e. The van der Waals surface area contributed by atoms with Crippen molar-refractivity contribution < 1.29 is 9.21 Å². The van der Waals surface area contributed by atoms with Gasteiger partial charge in [-0.2, -0.15) is 0 Å². The van der Waals surface area contributed by atoms with E-state index in [0.29, 0.717) is 23.5 Å². The number of nitrogens with zero attached hydrogens (tertiary/aromatic N) is 5. The molecule has 0 aliphatic carbocycles. The summed E-state index contributed by atoms with van der Waals surface area (Å²) in [6.45, 7) is 3.49. The maximum absolute atomic E-state index is 12.7. The first-order chi connectivity index (χ1) is 13.7. The summed E-state index contributed by atoms with van der Waals surface area (Å²) >= 11 is 1.43. The van der Waals surface area contributed by atoms with Crippen molar-refractivity contribution in [3.63, 3.8) is 0 Å². The van der Waals surface area contributed by atoms with Crippen molar-refractivity contribution >= 4 is 17.7 Å². The number of rotatable bonds is 6. The molecule has 0 bridgehead atoms. The predicted octanol–water partition coefficient (Wildman–Crippen LogP) is 3.47. The number of amides is 1. The molecule has 3 aromatic rings. The van der Waals surface area contributed by atoms with E-state index in [4.69, 9.17) is 4.42 Å². The molecule has 0 aromatic carbocycles. The van der Waals surface area contributed by atoms with E-state index in [-0.39, 0.29) is 5.91 Å². The van der Waals surface area contributed by atoms with Gasteiger partial charge in [-0.1, -0.05) is 11.8 Å². The van der Waals surface area contributed by atoms with Gasteiger partial charge >= 0.3 is 0 Å². The van der Waals surface area contributed by atoms with Gasteiger partial charge in [-0.05, 0) is 50.5 Å². The molecule has 1 aliphatic heterocycles. The lowest BCUT2D eigenvalue weighted by atomic mass is 10.0. The highest BCUT2D eigenvalue weighted by Gasteiger charge is 2.24. The Morgan fingerprint density at radius 1 is 1.25 bits per heavy atom. The van der Waals surface area contributed by atoms with E-state index < -0.39 is 0 Å². The smallest absolute Gasteiger partial charge is 0.233 e. The van der Waals surface area contributed by atoms with Crippen LogP contribution in [0.25, 0.3) is 11.4 Å². The summed E-state index contributed by atoms with van der Waals surface area (Å²) < 4.78 is 7.51. The first-order valence-corrected chi connectivity index (χ1v) is 10.5. The highest BCUT2D eigenvalue weighted by Crippen LogP contribution is 2.26. The Hall–Kier alpha value is -2.61. The van der Waals surface area contributed by atoms with Gasteiger partial charge in [-0.15, -0.1) is 10.2 Å². The average Bonchev–Trinajstić information content (AvgIpc) is 3.38. The fraction of sp³-hybridized carbons (Fsp3) is 0.400. The van der Waals surface area contributed by atoms with Gasteiger partial charge in [0, 0.05) is 30.5 Å². The standard InChI is InChI=1S/C20H23N5O2S/c1-15-5-2-3-11-24(15)18(26)14-28-20-23-22-19(16-7-9-21-10-8-16)25(20)13-17-6-4-12-27-17/h4,6-10,12,15H,2-3,5,11,13-14H2,1H3. The van der Waals surface area contributed by atoms with Gasteiger partial charge in [0.25, 0.3) is 0 Å². The number of carbonyl (C=O) groups excluding carboxylic acids is 1. The number of hydrogen-bond donors (Lipinski definition) is 0. The molecule has 1 saturated heterocycles. The Kier molecular flexibility index (Phi) is 5.76. The molecule has 28 heavy (non-hydrogen) atoms. The molecule has 0 saturated carbocycles. The van der Waals surface area contributed by atoms with Crippen molar-refractivity contribution in [2.75, 3.05) is 12.3 Å². The van der Waals surface area contributed by atoms with Crippen LogP contribution in [-0.4, -0.2) is 48.9 Å². The molecule has 4 heterocycles. The van der Waals surface area contributed by atoms with E-state index in [0.717, 1.165) is 36.5 Å². The van der Waals surface area contributed by atoms with Gasteiger partial charge in [0.2, 0.25) is 5.91 Å². The monoisotopic (exact) mass is 397 g/mol. The van der Waals surface area contributed by atoms with Gasteiger partial charge in [0.15, 0.2) is 11.0 Å². The number of furan rings is 1. The average molecular weight is 398 g/mol. The van der Waals surface area contributed by atoms with Crippen molar-refractivity contribution in [2.45, 2.75) is 43.9 Å². The third-order valence-electron chi connectivity index (χ3n) is 5.00. The normalized spacial score (nSPS) is 17.0. The van der Waals surface area contributed by atoms with Gasteiger partial charge in [0.05, 0.1) is 18.6 Å². The lowest BCUT2D eigenvalue weighted by Crippen LogP contribution is -2.43. The van der Waals surface area contributed by atoms with Crippen molar-refractivity contribution in [1.82, 2.24) is 24.6 Å².